The van der Waals surface area contributed by atoms with Gasteiger partial charge in [-0.15, -0.1) is 0 Å². The molecule has 1 rings (SSSR count). The predicted molar refractivity (Wildman–Crippen MR) is 69.9 cm³/mol. The number of nitrogens with one attached hydrogen (secondary N) is 1. The minimum Gasteiger partial charge on any atom is -0.312 e. The van der Waals surface area contributed by atoms with Gasteiger partial charge >= 0.3 is 0 Å². The maximum absolute atomic E-state index is 3.55. The van der Waals surface area contributed by atoms with Crippen molar-refractivity contribution in [2.24, 2.45) is 5.92 Å². The van der Waals surface area contributed by atoms with E-state index in [1.54, 1.807) is 0 Å². The largest absolute Gasteiger partial charge is 0.312 e. The molecule has 1 aromatic carbocycles. The normalized spacial score (nSPS) is 12.7. The first kappa shape index (κ1) is 12.7. The third-order valence-electron chi connectivity index (χ3n) is 2.55. The quantitative estimate of drug-likeness (QED) is 0.824. The van der Waals surface area contributed by atoms with Crippen LogP contribution in [-0.4, -0.2) is 6.54 Å². The van der Waals surface area contributed by atoms with Gasteiger partial charge in [0.1, 0.15) is 0 Å². The summed E-state index contributed by atoms with van der Waals surface area (Å²) in [5.41, 5.74) is 1.33. The van der Waals surface area contributed by atoms with Crippen LogP contribution in [0.1, 0.15) is 32.3 Å². The maximum atomic E-state index is 3.55. The SMILES string of the molecule is CCCC(C)CNCc1ccccc1Br. The number of hydrogen-bond donors (Lipinski definition) is 1. The third-order valence-corrected chi connectivity index (χ3v) is 3.32. The Morgan fingerprint density at radius 2 is 2.07 bits per heavy atom. The van der Waals surface area contributed by atoms with Crippen LogP contribution in [0.5, 0.6) is 0 Å². The molecule has 0 spiro atoms. The zero-order valence-electron chi connectivity index (χ0n) is 9.59. The highest BCUT2D eigenvalue weighted by atomic mass is 79.9. The molecule has 1 N–H and O–H groups in total. The Hall–Kier alpha value is -0.340. The fraction of sp³-hybridized carbons (Fsp3) is 0.538. The van der Waals surface area contributed by atoms with Gasteiger partial charge in [-0.25, -0.2) is 0 Å². The van der Waals surface area contributed by atoms with Crippen LogP contribution in [0.3, 0.4) is 0 Å². The van der Waals surface area contributed by atoms with Crippen molar-refractivity contribution in [2.45, 2.75) is 33.2 Å². The van der Waals surface area contributed by atoms with Crippen molar-refractivity contribution < 1.29 is 0 Å². The van der Waals surface area contributed by atoms with E-state index in [1.165, 1.54) is 22.9 Å². The zero-order chi connectivity index (χ0) is 11.1. The van der Waals surface area contributed by atoms with Gasteiger partial charge in [0.2, 0.25) is 0 Å². The molecule has 1 aromatic rings. The van der Waals surface area contributed by atoms with Crippen LogP contribution in [0.2, 0.25) is 0 Å². The van der Waals surface area contributed by atoms with Crippen LogP contribution >= 0.6 is 15.9 Å². The predicted octanol–water partition coefficient (Wildman–Crippen LogP) is 3.97. The molecule has 0 aliphatic carbocycles. The van der Waals surface area contributed by atoms with Crippen molar-refractivity contribution >= 4 is 15.9 Å². The topological polar surface area (TPSA) is 12.0 Å². The minimum atomic E-state index is 0.775. The second kappa shape index (κ2) is 7.02. The van der Waals surface area contributed by atoms with Crippen LogP contribution in [-0.2, 0) is 6.54 Å². The van der Waals surface area contributed by atoms with Gasteiger partial charge in [0, 0.05) is 11.0 Å². The molecule has 0 heterocycles. The molecular weight excluding hydrogens is 250 g/mol. The minimum absolute atomic E-state index is 0.775. The molecule has 0 saturated carbocycles. The van der Waals surface area contributed by atoms with Gasteiger partial charge in [0.25, 0.3) is 0 Å². The third kappa shape index (κ3) is 4.80. The summed E-state index contributed by atoms with van der Waals surface area (Å²) < 4.78 is 1.20. The molecule has 0 aliphatic heterocycles. The first-order valence-corrected chi connectivity index (χ1v) is 6.47. The van der Waals surface area contributed by atoms with Crippen LogP contribution < -0.4 is 5.32 Å². The van der Waals surface area contributed by atoms with Crippen molar-refractivity contribution in [3.63, 3.8) is 0 Å². The standard InChI is InChI=1S/C13H20BrN/c1-3-6-11(2)9-15-10-12-7-4-5-8-13(12)14/h4-5,7-8,11,15H,3,6,9-10H2,1-2H3. The highest BCUT2D eigenvalue weighted by Crippen LogP contribution is 2.15. The van der Waals surface area contributed by atoms with Crippen molar-refractivity contribution in [2.75, 3.05) is 6.54 Å². The number of rotatable bonds is 6. The maximum Gasteiger partial charge on any atom is 0.0220 e. The van der Waals surface area contributed by atoms with Crippen LogP contribution in [0.4, 0.5) is 0 Å². The van der Waals surface area contributed by atoms with E-state index < -0.39 is 0 Å². The Kier molecular flexibility index (Phi) is 5.96. The van der Waals surface area contributed by atoms with E-state index in [2.05, 4.69) is 53.3 Å². The van der Waals surface area contributed by atoms with Crippen LogP contribution in [0.25, 0.3) is 0 Å². The first-order chi connectivity index (χ1) is 7.24. The van der Waals surface area contributed by atoms with Crippen LogP contribution in [0, 0.1) is 5.92 Å². The summed E-state index contributed by atoms with van der Waals surface area (Å²) in [4.78, 5) is 0. The average molecular weight is 270 g/mol. The summed E-state index contributed by atoms with van der Waals surface area (Å²) in [6.07, 6.45) is 2.58. The van der Waals surface area contributed by atoms with Crippen molar-refractivity contribution in [3.05, 3.63) is 34.3 Å². The van der Waals surface area contributed by atoms with Gasteiger partial charge in [-0.05, 0) is 30.5 Å². The molecule has 0 saturated heterocycles. The molecule has 0 radical (unpaired) electrons. The summed E-state index contributed by atoms with van der Waals surface area (Å²) in [6, 6.07) is 8.37. The summed E-state index contributed by atoms with van der Waals surface area (Å²) in [5, 5.41) is 3.50. The van der Waals surface area contributed by atoms with Gasteiger partial charge < -0.3 is 5.32 Å². The van der Waals surface area contributed by atoms with E-state index in [0.29, 0.717) is 0 Å². The van der Waals surface area contributed by atoms with E-state index >= 15 is 0 Å². The molecule has 0 fully saturated rings. The highest BCUT2D eigenvalue weighted by Gasteiger charge is 2.01. The number of hydrogen-bond acceptors (Lipinski definition) is 1. The summed E-state index contributed by atoms with van der Waals surface area (Å²) in [5.74, 6) is 0.775. The lowest BCUT2D eigenvalue weighted by Gasteiger charge is -2.12. The Labute approximate surface area is 101 Å². The van der Waals surface area contributed by atoms with Crippen molar-refractivity contribution in [1.29, 1.82) is 0 Å². The van der Waals surface area contributed by atoms with Gasteiger partial charge in [0.15, 0.2) is 0 Å². The number of benzene rings is 1. The molecule has 15 heavy (non-hydrogen) atoms. The Bertz CT molecular complexity index is 286. The van der Waals surface area contributed by atoms with Gasteiger partial charge in [-0.2, -0.15) is 0 Å². The smallest absolute Gasteiger partial charge is 0.0220 e. The van der Waals surface area contributed by atoms with E-state index in [4.69, 9.17) is 0 Å². The Morgan fingerprint density at radius 1 is 1.33 bits per heavy atom. The van der Waals surface area contributed by atoms with Crippen LogP contribution in [0.15, 0.2) is 28.7 Å². The van der Waals surface area contributed by atoms with E-state index in [-0.39, 0.29) is 0 Å². The molecule has 2 heteroatoms. The lowest BCUT2D eigenvalue weighted by Crippen LogP contribution is -2.20. The zero-order valence-corrected chi connectivity index (χ0v) is 11.2. The fourth-order valence-corrected chi connectivity index (χ4v) is 2.11. The molecule has 0 bridgehead atoms. The Morgan fingerprint density at radius 3 is 2.73 bits per heavy atom. The highest BCUT2D eigenvalue weighted by molar-refractivity contribution is 9.10. The molecule has 84 valence electrons. The molecule has 1 atom stereocenters. The monoisotopic (exact) mass is 269 g/mol. The molecule has 0 amide bonds. The van der Waals surface area contributed by atoms with Gasteiger partial charge in [-0.3, -0.25) is 0 Å². The number of halogens is 1. The molecular formula is C13H20BrN. The molecule has 0 aromatic heterocycles. The summed E-state index contributed by atoms with van der Waals surface area (Å²) in [7, 11) is 0. The fourth-order valence-electron chi connectivity index (χ4n) is 1.69. The first-order valence-electron chi connectivity index (χ1n) is 5.68. The second-order valence-electron chi connectivity index (χ2n) is 4.12. The van der Waals surface area contributed by atoms with E-state index in [9.17, 15) is 0 Å². The Balaban J connectivity index is 2.29. The van der Waals surface area contributed by atoms with Gasteiger partial charge in [0.05, 0.1) is 0 Å². The van der Waals surface area contributed by atoms with E-state index in [0.717, 1.165) is 19.0 Å². The summed E-state index contributed by atoms with van der Waals surface area (Å²) in [6.45, 7) is 6.60. The lowest BCUT2D eigenvalue weighted by molar-refractivity contribution is 0.475. The lowest BCUT2D eigenvalue weighted by atomic mass is 10.1. The molecule has 1 unspecified atom stereocenters. The second-order valence-corrected chi connectivity index (χ2v) is 4.97. The summed E-state index contributed by atoms with van der Waals surface area (Å²) >= 11 is 3.55. The molecule has 1 nitrogen and oxygen atoms in total. The van der Waals surface area contributed by atoms with Gasteiger partial charge in [-0.1, -0.05) is 54.4 Å². The van der Waals surface area contributed by atoms with E-state index in [1.807, 2.05) is 6.07 Å². The molecule has 0 aliphatic rings. The van der Waals surface area contributed by atoms with Crippen molar-refractivity contribution in [1.82, 2.24) is 5.32 Å². The van der Waals surface area contributed by atoms with Crippen molar-refractivity contribution in [3.8, 4) is 0 Å². The average Bonchev–Trinajstić information content (AvgIpc) is 2.21.